The van der Waals surface area contributed by atoms with Crippen molar-refractivity contribution in [2.75, 3.05) is 23.1 Å². The van der Waals surface area contributed by atoms with Crippen molar-refractivity contribution in [3.8, 4) is 5.75 Å². The number of imide groups is 1. The number of anilines is 2. The molecule has 1 aliphatic rings. The zero-order chi connectivity index (χ0) is 19.4. The first-order chi connectivity index (χ1) is 13.0. The number of nitrogens with zero attached hydrogens (tertiary/aromatic N) is 1. The SMILES string of the molecule is COc1ccc(NC(=O)CS[C@H]2CC(=O)N(c3ccc(Cl)cc3)C2=O)cc1. The van der Waals surface area contributed by atoms with Gasteiger partial charge in [-0.15, -0.1) is 11.8 Å². The van der Waals surface area contributed by atoms with Crippen LogP contribution in [0.5, 0.6) is 5.75 Å². The monoisotopic (exact) mass is 404 g/mol. The molecule has 0 bridgehead atoms. The summed E-state index contributed by atoms with van der Waals surface area (Å²) in [6, 6.07) is 13.4. The van der Waals surface area contributed by atoms with E-state index in [0.29, 0.717) is 22.1 Å². The number of carbonyl (C=O) groups is 3. The highest BCUT2D eigenvalue weighted by atomic mass is 35.5. The fraction of sp³-hybridized carbons (Fsp3) is 0.211. The molecular weight excluding hydrogens is 388 g/mol. The Bertz CT molecular complexity index is 855. The smallest absolute Gasteiger partial charge is 0.247 e. The minimum atomic E-state index is -0.574. The Balaban J connectivity index is 1.56. The number of thioether (sulfide) groups is 1. The Hall–Kier alpha value is -2.51. The van der Waals surface area contributed by atoms with Gasteiger partial charge in [-0.3, -0.25) is 14.4 Å². The van der Waals surface area contributed by atoms with Gasteiger partial charge in [0.15, 0.2) is 0 Å². The van der Waals surface area contributed by atoms with Gasteiger partial charge < -0.3 is 10.1 Å². The molecule has 1 heterocycles. The maximum absolute atomic E-state index is 12.5. The predicted molar refractivity (Wildman–Crippen MR) is 106 cm³/mol. The second-order valence-corrected chi connectivity index (χ2v) is 7.45. The number of rotatable bonds is 6. The van der Waals surface area contributed by atoms with Crippen LogP contribution in [0, 0.1) is 0 Å². The lowest BCUT2D eigenvalue weighted by atomic mass is 10.3. The molecule has 1 fully saturated rings. The van der Waals surface area contributed by atoms with Crippen LogP contribution >= 0.6 is 23.4 Å². The number of methoxy groups -OCH3 is 1. The number of carbonyl (C=O) groups excluding carboxylic acids is 3. The second kappa shape index (κ2) is 8.45. The van der Waals surface area contributed by atoms with E-state index in [1.165, 1.54) is 0 Å². The van der Waals surface area contributed by atoms with Gasteiger partial charge in [-0.05, 0) is 48.5 Å². The molecule has 0 aromatic heterocycles. The quantitative estimate of drug-likeness (QED) is 0.747. The van der Waals surface area contributed by atoms with Gasteiger partial charge in [0.1, 0.15) is 5.75 Å². The Kier molecular flexibility index (Phi) is 6.03. The van der Waals surface area contributed by atoms with E-state index in [1.807, 2.05) is 0 Å². The van der Waals surface area contributed by atoms with Crippen LogP contribution in [0.4, 0.5) is 11.4 Å². The zero-order valence-electron chi connectivity index (χ0n) is 14.5. The topological polar surface area (TPSA) is 75.7 Å². The van der Waals surface area contributed by atoms with Gasteiger partial charge in [0.2, 0.25) is 17.7 Å². The fourth-order valence-corrected chi connectivity index (χ4v) is 3.70. The lowest BCUT2D eigenvalue weighted by Crippen LogP contribution is -2.31. The molecular formula is C19H17ClN2O4S. The van der Waals surface area contributed by atoms with Gasteiger partial charge in [-0.2, -0.15) is 0 Å². The molecule has 2 aromatic carbocycles. The van der Waals surface area contributed by atoms with Gasteiger partial charge in [-0.25, -0.2) is 4.90 Å². The summed E-state index contributed by atoms with van der Waals surface area (Å²) in [4.78, 5) is 38.0. The summed E-state index contributed by atoms with van der Waals surface area (Å²) in [5, 5.41) is 2.71. The number of amides is 3. The van der Waals surface area contributed by atoms with Crippen molar-refractivity contribution >= 4 is 52.5 Å². The highest BCUT2D eigenvalue weighted by Crippen LogP contribution is 2.30. The van der Waals surface area contributed by atoms with E-state index in [1.54, 1.807) is 55.6 Å². The lowest BCUT2D eigenvalue weighted by molar-refractivity contribution is -0.121. The number of halogens is 1. The van der Waals surface area contributed by atoms with Gasteiger partial charge in [0, 0.05) is 17.1 Å². The minimum Gasteiger partial charge on any atom is -0.497 e. The summed E-state index contributed by atoms with van der Waals surface area (Å²) < 4.78 is 5.07. The largest absolute Gasteiger partial charge is 0.497 e. The van der Waals surface area contributed by atoms with Crippen molar-refractivity contribution in [2.45, 2.75) is 11.7 Å². The lowest BCUT2D eigenvalue weighted by Gasteiger charge is -2.15. The van der Waals surface area contributed by atoms with Crippen LogP contribution in [0.1, 0.15) is 6.42 Å². The van der Waals surface area contributed by atoms with Crippen molar-refractivity contribution < 1.29 is 19.1 Å². The van der Waals surface area contributed by atoms with Crippen LogP contribution in [0.15, 0.2) is 48.5 Å². The number of nitrogens with one attached hydrogen (secondary N) is 1. The molecule has 3 rings (SSSR count). The summed E-state index contributed by atoms with van der Waals surface area (Å²) in [6.45, 7) is 0. The first-order valence-electron chi connectivity index (χ1n) is 8.16. The van der Waals surface area contributed by atoms with Crippen LogP contribution in [-0.4, -0.2) is 35.8 Å². The Morgan fingerprint density at radius 3 is 2.48 bits per heavy atom. The van der Waals surface area contributed by atoms with Crippen LogP contribution in [-0.2, 0) is 14.4 Å². The number of ether oxygens (including phenoxy) is 1. The van der Waals surface area contributed by atoms with Crippen molar-refractivity contribution in [3.05, 3.63) is 53.6 Å². The van der Waals surface area contributed by atoms with Gasteiger partial charge >= 0.3 is 0 Å². The molecule has 0 spiro atoms. The first-order valence-corrected chi connectivity index (χ1v) is 9.58. The van der Waals surface area contributed by atoms with Gasteiger partial charge in [0.05, 0.1) is 23.8 Å². The summed E-state index contributed by atoms with van der Waals surface area (Å²) >= 11 is 7.00. The average molecular weight is 405 g/mol. The molecule has 27 heavy (non-hydrogen) atoms. The van der Waals surface area contributed by atoms with E-state index in [-0.39, 0.29) is 29.9 Å². The van der Waals surface area contributed by atoms with E-state index in [4.69, 9.17) is 16.3 Å². The molecule has 0 aliphatic carbocycles. The first kappa shape index (κ1) is 19.3. The molecule has 1 N–H and O–H groups in total. The van der Waals surface area contributed by atoms with E-state index in [9.17, 15) is 14.4 Å². The van der Waals surface area contributed by atoms with Crippen molar-refractivity contribution in [1.29, 1.82) is 0 Å². The molecule has 0 radical (unpaired) electrons. The Morgan fingerprint density at radius 2 is 1.85 bits per heavy atom. The Morgan fingerprint density at radius 1 is 1.19 bits per heavy atom. The number of hydrogen-bond donors (Lipinski definition) is 1. The maximum atomic E-state index is 12.5. The van der Waals surface area contributed by atoms with Crippen molar-refractivity contribution in [3.63, 3.8) is 0 Å². The fourth-order valence-electron chi connectivity index (χ4n) is 2.64. The molecule has 0 unspecified atom stereocenters. The molecule has 1 saturated heterocycles. The van der Waals surface area contributed by atoms with Crippen molar-refractivity contribution in [2.24, 2.45) is 0 Å². The van der Waals surface area contributed by atoms with Gasteiger partial charge in [-0.1, -0.05) is 11.6 Å². The maximum Gasteiger partial charge on any atom is 0.247 e. The predicted octanol–water partition coefficient (Wildman–Crippen LogP) is 3.35. The molecule has 140 valence electrons. The average Bonchev–Trinajstić information content (AvgIpc) is 2.95. The van der Waals surface area contributed by atoms with Gasteiger partial charge in [0.25, 0.3) is 0 Å². The summed E-state index contributed by atoms with van der Waals surface area (Å²) in [5.41, 5.74) is 1.12. The highest BCUT2D eigenvalue weighted by molar-refractivity contribution is 8.01. The summed E-state index contributed by atoms with van der Waals surface area (Å²) in [6.07, 6.45) is 0.0714. The third-order valence-electron chi connectivity index (χ3n) is 3.98. The molecule has 1 aliphatic heterocycles. The molecule has 8 heteroatoms. The molecule has 6 nitrogen and oxygen atoms in total. The minimum absolute atomic E-state index is 0.0714. The molecule has 3 amide bonds. The van der Waals surface area contributed by atoms with E-state index in [2.05, 4.69) is 5.32 Å². The highest BCUT2D eigenvalue weighted by Gasteiger charge is 2.40. The second-order valence-electron chi connectivity index (χ2n) is 5.82. The molecule has 2 aromatic rings. The normalized spacial score (nSPS) is 16.5. The summed E-state index contributed by atoms with van der Waals surface area (Å²) in [5.74, 6) is -0.0699. The van der Waals surface area contributed by atoms with Crippen LogP contribution in [0.3, 0.4) is 0 Å². The number of benzene rings is 2. The Labute approximate surface area is 165 Å². The van der Waals surface area contributed by atoms with E-state index >= 15 is 0 Å². The zero-order valence-corrected chi connectivity index (χ0v) is 16.0. The van der Waals surface area contributed by atoms with Crippen LogP contribution in [0.2, 0.25) is 5.02 Å². The molecule has 0 saturated carbocycles. The van der Waals surface area contributed by atoms with E-state index < -0.39 is 5.25 Å². The number of hydrogen-bond acceptors (Lipinski definition) is 5. The van der Waals surface area contributed by atoms with Crippen LogP contribution in [0.25, 0.3) is 0 Å². The third kappa shape index (κ3) is 4.61. The van der Waals surface area contributed by atoms with Crippen molar-refractivity contribution in [1.82, 2.24) is 0 Å². The summed E-state index contributed by atoms with van der Waals surface area (Å²) in [7, 11) is 1.57. The standard InChI is InChI=1S/C19H17ClN2O4S/c1-26-15-8-4-13(5-9-15)21-17(23)11-27-16-10-18(24)22(19(16)25)14-6-2-12(20)3-7-14/h2-9,16H,10-11H2,1H3,(H,21,23)/t16-/m0/s1. The molecule has 1 atom stereocenters. The third-order valence-corrected chi connectivity index (χ3v) is 5.43. The van der Waals surface area contributed by atoms with Crippen LogP contribution < -0.4 is 15.0 Å². The van der Waals surface area contributed by atoms with E-state index in [0.717, 1.165) is 16.7 Å².